The Morgan fingerprint density at radius 1 is 0.627 bits per heavy atom. The second kappa shape index (κ2) is 14.6. The fourth-order valence-electron chi connectivity index (χ4n) is 11.0. The number of benzene rings is 5. The van der Waals surface area contributed by atoms with Crippen molar-refractivity contribution in [2.75, 3.05) is 9.80 Å². The van der Waals surface area contributed by atoms with Gasteiger partial charge in [0.25, 0.3) is 0 Å². The van der Waals surface area contributed by atoms with Gasteiger partial charge in [0.05, 0.1) is 6.04 Å². The van der Waals surface area contributed by atoms with Crippen LogP contribution in [0.4, 0.5) is 17.1 Å². The minimum Gasteiger partial charge on any atom is -0.335 e. The van der Waals surface area contributed by atoms with Crippen LogP contribution in [0, 0.1) is 17.3 Å². The molecule has 3 heteroatoms. The lowest BCUT2D eigenvalue weighted by molar-refractivity contribution is 0.218. The first-order valence-electron chi connectivity index (χ1n) is 22.1. The third-order valence-electron chi connectivity index (χ3n) is 14.2. The maximum absolute atomic E-state index is 2.71. The number of fused-ring (bicyclic) bond motifs is 4. The summed E-state index contributed by atoms with van der Waals surface area (Å²) in [4.78, 5) is 5.31. The van der Waals surface area contributed by atoms with E-state index in [1.54, 1.807) is 5.57 Å². The van der Waals surface area contributed by atoms with Gasteiger partial charge in [0.1, 0.15) is 0 Å². The van der Waals surface area contributed by atoms with Crippen molar-refractivity contribution in [2.45, 2.75) is 84.5 Å². The summed E-state index contributed by atoms with van der Waals surface area (Å²) >= 11 is 0. The van der Waals surface area contributed by atoms with Crippen molar-refractivity contribution in [3.63, 3.8) is 0 Å². The third kappa shape index (κ3) is 6.58. The molecule has 0 spiro atoms. The zero-order chi connectivity index (χ0) is 40.5. The SMILES string of the molecule is CC(C)(C)c1ccc(N2C3=CC=CC4C3B(c3c(-c5ccccc5)cccc32)c2c(-c3ccccc3)cccc2N4C2=CCC(C3=CCC(C(C)(C)C)CC3)C=C2)cc1. The van der Waals surface area contributed by atoms with Gasteiger partial charge in [-0.2, -0.15) is 0 Å². The average molecular weight is 769 g/mol. The summed E-state index contributed by atoms with van der Waals surface area (Å²) in [5.74, 6) is 1.41. The first kappa shape index (κ1) is 37.7. The highest BCUT2D eigenvalue weighted by atomic mass is 15.2. The lowest BCUT2D eigenvalue weighted by Gasteiger charge is -2.54. The van der Waals surface area contributed by atoms with Crippen LogP contribution in [0.2, 0.25) is 5.82 Å². The molecule has 0 saturated heterocycles. The minimum absolute atomic E-state index is 0.0753. The van der Waals surface area contributed by atoms with E-state index in [1.807, 2.05) is 0 Å². The number of hydrogen-bond acceptors (Lipinski definition) is 2. The molecule has 5 aliphatic rings. The number of allylic oxidation sites excluding steroid dienone is 7. The maximum Gasteiger partial charge on any atom is 0.227 e. The van der Waals surface area contributed by atoms with Gasteiger partial charge in [-0.25, -0.2) is 0 Å². The molecule has 0 amide bonds. The van der Waals surface area contributed by atoms with Crippen LogP contribution in [-0.2, 0) is 5.41 Å². The quantitative estimate of drug-likeness (QED) is 0.130. The predicted molar refractivity (Wildman–Crippen MR) is 254 cm³/mol. The van der Waals surface area contributed by atoms with Crippen LogP contribution in [0.3, 0.4) is 0 Å². The smallest absolute Gasteiger partial charge is 0.227 e. The van der Waals surface area contributed by atoms with Gasteiger partial charge in [0.15, 0.2) is 0 Å². The molecule has 4 atom stereocenters. The molecule has 4 unspecified atom stereocenters. The Hall–Kier alpha value is -5.54. The van der Waals surface area contributed by atoms with Gasteiger partial charge in [-0.1, -0.05) is 175 Å². The molecule has 0 bridgehead atoms. The molecule has 2 heterocycles. The molecule has 294 valence electrons. The molecule has 0 aromatic heterocycles. The van der Waals surface area contributed by atoms with E-state index < -0.39 is 0 Å². The van der Waals surface area contributed by atoms with Gasteiger partial charge >= 0.3 is 0 Å². The van der Waals surface area contributed by atoms with Gasteiger partial charge in [-0.15, -0.1) is 0 Å². The Labute approximate surface area is 353 Å². The van der Waals surface area contributed by atoms with Crippen molar-refractivity contribution in [1.82, 2.24) is 0 Å². The standard InChI is InChI=1S/C56H57BN2/c1-55(2,3)42-30-26-38(27-31-42)39-28-34-44(35-29-39)58-48-22-13-20-46(40-16-9-7-10-17-40)52(48)57-53-47(41-18-11-8-12-19-41)21-14-23-49(53)59(51-25-15-24-50(58)54(51)57)45-36-32-43(33-37-45)56(4,5)6/h7-26,28,32-37,39,42,50,54H,27,29-31H2,1-6H3. The second-order valence-corrected chi connectivity index (χ2v) is 19.6. The largest absolute Gasteiger partial charge is 0.335 e. The Morgan fingerprint density at radius 2 is 1.27 bits per heavy atom. The highest BCUT2D eigenvalue weighted by Gasteiger charge is 2.53. The van der Waals surface area contributed by atoms with Crippen molar-refractivity contribution in [3.8, 4) is 22.3 Å². The van der Waals surface area contributed by atoms with Crippen molar-refractivity contribution in [1.29, 1.82) is 0 Å². The summed E-state index contributed by atoms with van der Waals surface area (Å²) in [5.41, 5.74) is 17.9. The second-order valence-electron chi connectivity index (χ2n) is 19.6. The van der Waals surface area contributed by atoms with Crippen LogP contribution in [0.15, 0.2) is 181 Å². The monoisotopic (exact) mass is 768 g/mol. The highest BCUT2D eigenvalue weighted by molar-refractivity contribution is 6.92. The molecule has 2 nitrogen and oxygen atoms in total. The molecule has 10 rings (SSSR count). The summed E-state index contributed by atoms with van der Waals surface area (Å²) in [6.07, 6.45) is 22.1. The summed E-state index contributed by atoms with van der Waals surface area (Å²) < 4.78 is 0. The van der Waals surface area contributed by atoms with Gasteiger partial charge in [-0.05, 0) is 118 Å². The molecule has 0 fully saturated rings. The van der Waals surface area contributed by atoms with Crippen molar-refractivity contribution < 1.29 is 0 Å². The van der Waals surface area contributed by atoms with E-state index >= 15 is 0 Å². The molecular formula is C56H57BN2. The first-order chi connectivity index (χ1) is 28.6. The third-order valence-corrected chi connectivity index (χ3v) is 14.2. The average Bonchev–Trinajstić information content (AvgIpc) is 3.26. The highest BCUT2D eigenvalue weighted by Crippen LogP contribution is 2.52. The van der Waals surface area contributed by atoms with Crippen molar-refractivity contribution in [2.24, 2.45) is 17.3 Å². The molecule has 2 aliphatic heterocycles. The van der Waals surface area contributed by atoms with Gasteiger partial charge in [0, 0.05) is 40.2 Å². The van der Waals surface area contributed by atoms with Gasteiger partial charge in [0.2, 0.25) is 6.71 Å². The molecule has 0 N–H and O–H groups in total. The number of rotatable bonds is 5. The minimum atomic E-state index is 0.0753. The Kier molecular flexibility index (Phi) is 9.35. The summed E-state index contributed by atoms with van der Waals surface area (Å²) in [6.45, 7) is 14.3. The molecule has 59 heavy (non-hydrogen) atoms. The van der Waals surface area contributed by atoms with Gasteiger partial charge < -0.3 is 9.80 Å². The number of anilines is 3. The van der Waals surface area contributed by atoms with Crippen LogP contribution in [-0.4, -0.2) is 12.8 Å². The normalized spacial score (nSPS) is 22.2. The fourth-order valence-corrected chi connectivity index (χ4v) is 11.0. The fraction of sp³-hybridized carbons (Fsp3) is 0.286. The zero-order valence-electron chi connectivity index (χ0n) is 35.7. The van der Waals surface area contributed by atoms with Crippen LogP contribution in [0.1, 0.15) is 72.8 Å². The van der Waals surface area contributed by atoms with Crippen LogP contribution >= 0.6 is 0 Å². The molecule has 3 aliphatic carbocycles. The molecule has 0 radical (unpaired) electrons. The summed E-state index contributed by atoms with van der Waals surface area (Å²) in [6, 6.07) is 45.8. The summed E-state index contributed by atoms with van der Waals surface area (Å²) in [7, 11) is 0. The summed E-state index contributed by atoms with van der Waals surface area (Å²) in [5, 5.41) is 0. The topological polar surface area (TPSA) is 6.48 Å². The van der Waals surface area contributed by atoms with Crippen LogP contribution < -0.4 is 20.7 Å². The Balaban J connectivity index is 1.17. The number of hydrogen-bond donors (Lipinski definition) is 0. The Bertz CT molecular complexity index is 2540. The maximum atomic E-state index is 2.71. The van der Waals surface area contributed by atoms with Gasteiger partial charge in [-0.3, -0.25) is 0 Å². The zero-order valence-corrected chi connectivity index (χ0v) is 35.7. The number of nitrogens with zero attached hydrogens (tertiary/aromatic N) is 2. The van der Waals surface area contributed by atoms with E-state index in [2.05, 4.69) is 215 Å². The molecule has 0 saturated carbocycles. The molecular weight excluding hydrogens is 711 g/mol. The molecule has 5 aromatic rings. The van der Waals surface area contributed by atoms with E-state index in [0.29, 0.717) is 11.3 Å². The Morgan fingerprint density at radius 3 is 1.85 bits per heavy atom. The van der Waals surface area contributed by atoms with E-state index in [1.165, 1.54) is 86.5 Å². The van der Waals surface area contributed by atoms with Crippen molar-refractivity contribution in [3.05, 3.63) is 186 Å². The van der Waals surface area contributed by atoms with Crippen LogP contribution in [0.5, 0.6) is 0 Å². The molecule has 5 aromatic carbocycles. The predicted octanol–water partition coefficient (Wildman–Crippen LogP) is 13.3. The lowest BCUT2D eigenvalue weighted by Crippen LogP contribution is -2.64. The van der Waals surface area contributed by atoms with Crippen molar-refractivity contribution >= 4 is 34.7 Å². The van der Waals surface area contributed by atoms with E-state index in [0.717, 1.165) is 12.3 Å². The lowest BCUT2D eigenvalue weighted by atomic mass is 9.27. The first-order valence-corrected chi connectivity index (χ1v) is 22.1. The van der Waals surface area contributed by atoms with Crippen LogP contribution in [0.25, 0.3) is 22.3 Å². The van der Waals surface area contributed by atoms with E-state index in [9.17, 15) is 0 Å². The van der Waals surface area contributed by atoms with E-state index in [-0.39, 0.29) is 24.0 Å². The van der Waals surface area contributed by atoms with E-state index in [4.69, 9.17) is 0 Å².